The number of pyridine rings is 1. The van der Waals surface area contributed by atoms with Gasteiger partial charge in [-0.3, -0.25) is 4.98 Å². The quantitative estimate of drug-likeness (QED) is 0.736. The molecule has 1 aromatic heterocycles. The average Bonchev–Trinajstić information content (AvgIpc) is 2.19. The van der Waals surface area contributed by atoms with E-state index in [1.165, 1.54) is 0 Å². The maximum absolute atomic E-state index is 5.69. The summed E-state index contributed by atoms with van der Waals surface area (Å²) >= 11 is 5.69. The molecule has 0 bridgehead atoms. The molecule has 0 spiro atoms. The van der Waals surface area contributed by atoms with E-state index in [0.29, 0.717) is 11.9 Å². The third-order valence-corrected chi connectivity index (χ3v) is 2.22. The molecule has 0 aliphatic carbocycles. The van der Waals surface area contributed by atoms with Gasteiger partial charge in [-0.15, -0.1) is 11.6 Å². The highest BCUT2D eigenvalue weighted by atomic mass is 35.5. The monoisotopic (exact) mass is 198 g/mol. The largest absolute Gasteiger partial charge is 0.382 e. The summed E-state index contributed by atoms with van der Waals surface area (Å²) in [6, 6.07) is 4.41. The lowest BCUT2D eigenvalue weighted by atomic mass is 10.1. The molecule has 72 valence electrons. The fourth-order valence-corrected chi connectivity index (χ4v) is 1.46. The van der Waals surface area contributed by atoms with Crippen molar-refractivity contribution < 1.29 is 0 Å². The fourth-order valence-electron chi connectivity index (χ4n) is 1.19. The van der Waals surface area contributed by atoms with Gasteiger partial charge in [-0.05, 0) is 25.0 Å². The number of nitrogens with one attached hydrogen (secondary N) is 1. The third kappa shape index (κ3) is 3.64. The minimum Gasteiger partial charge on any atom is -0.382 e. The molecule has 0 saturated carbocycles. The molecule has 0 saturated heterocycles. The number of anilines is 1. The van der Waals surface area contributed by atoms with Crippen molar-refractivity contribution >= 4 is 17.3 Å². The highest BCUT2D eigenvalue weighted by molar-refractivity contribution is 6.17. The Kier molecular flexibility index (Phi) is 4.61. The number of alkyl halides is 1. The van der Waals surface area contributed by atoms with Crippen LogP contribution < -0.4 is 5.32 Å². The van der Waals surface area contributed by atoms with Gasteiger partial charge in [0.1, 0.15) is 0 Å². The Labute approximate surface area is 84.3 Å². The highest BCUT2D eigenvalue weighted by Gasteiger charge is 2.03. The van der Waals surface area contributed by atoms with Crippen molar-refractivity contribution in [2.24, 2.45) is 0 Å². The van der Waals surface area contributed by atoms with E-state index >= 15 is 0 Å². The molecule has 0 fully saturated rings. The van der Waals surface area contributed by atoms with E-state index in [1.54, 1.807) is 12.4 Å². The minimum atomic E-state index is 0.472. The van der Waals surface area contributed by atoms with Crippen LogP contribution in [0.25, 0.3) is 0 Å². The van der Waals surface area contributed by atoms with E-state index in [4.69, 9.17) is 11.6 Å². The third-order valence-electron chi connectivity index (χ3n) is 2.00. The Hall–Kier alpha value is -0.760. The van der Waals surface area contributed by atoms with E-state index in [1.807, 2.05) is 12.1 Å². The van der Waals surface area contributed by atoms with Crippen molar-refractivity contribution in [3.8, 4) is 0 Å². The number of aromatic nitrogens is 1. The molecule has 3 heteroatoms. The van der Waals surface area contributed by atoms with E-state index in [2.05, 4.69) is 17.2 Å². The summed E-state index contributed by atoms with van der Waals surface area (Å²) in [6.07, 6.45) is 5.67. The van der Waals surface area contributed by atoms with Crippen LogP contribution in [0.4, 0.5) is 5.69 Å². The first kappa shape index (κ1) is 10.3. The molecule has 0 aliphatic rings. The smallest absolute Gasteiger partial charge is 0.0373 e. The molecule has 0 amide bonds. The first-order valence-corrected chi connectivity index (χ1v) is 5.12. The summed E-state index contributed by atoms with van der Waals surface area (Å²) in [4.78, 5) is 3.96. The van der Waals surface area contributed by atoms with E-state index < -0.39 is 0 Å². The Bertz CT molecular complexity index is 226. The van der Waals surface area contributed by atoms with Gasteiger partial charge < -0.3 is 5.32 Å². The summed E-state index contributed by atoms with van der Waals surface area (Å²) in [6.45, 7) is 2.16. The standard InChI is InChI=1S/C10H15ClN2/c1-2-9(3-6-11)13-10-4-7-12-8-5-10/h4-5,7-9H,2-3,6H2,1H3,(H,12,13). The number of halogens is 1. The van der Waals surface area contributed by atoms with Crippen LogP contribution in [0.15, 0.2) is 24.5 Å². The molecule has 0 radical (unpaired) electrons. The molecule has 1 heterocycles. The lowest BCUT2D eigenvalue weighted by molar-refractivity contribution is 0.675. The molecule has 13 heavy (non-hydrogen) atoms. The van der Waals surface area contributed by atoms with Crippen LogP contribution in [0.3, 0.4) is 0 Å². The van der Waals surface area contributed by atoms with E-state index in [-0.39, 0.29) is 0 Å². The molecule has 0 aromatic carbocycles. The van der Waals surface area contributed by atoms with Crippen molar-refractivity contribution in [1.29, 1.82) is 0 Å². The zero-order valence-electron chi connectivity index (χ0n) is 7.83. The second-order valence-electron chi connectivity index (χ2n) is 2.96. The van der Waals surface area contributed by atoms with Crippen LogP contribution in [0.2, 0.25) is 0 Å². The molecule has 1 atom stereocenters. The molecule has 0 aliphatic heterocycles. The van der Waals surface area contributed by atoms with Gasteiger partial charge in [0.05, 0.1) is 0 Å². The molecular weight excluding hydrogens is 184 g/mol. The molecule has 1 aromatic rings. The van der Waals surface area contributed by atoms with Gasteiger partial charge in [0.15, 0.2) is 0 Å². The molecule has 1 N–H and O–H groups in total. The highest BCUT2D eigenvalue weighted by Crippen LogP contribution is 2.10. The first-order chi connectivity index (χ1) is 6.36. The zero-order chi connectivity index (χ0) is 9.52. The predicted molar refractivity (Wildman–Crippen MR) is 57.3 cm³/mol. The fraction of sp³-hybridized carbons (Fsp3) is 0.500. The summed E-state index contributed by atoms with van der Waals surface area (Å²) in [5.74, 6) is 0.705. The van der Waals surface area contributed by atoms with Gasteiger partial charge >= 0.3 is 0 Å². The van der Waals surface area contributed by atoms with Crippen LogP contribution in [-0.4, -0.2) is 16.9 Å². The van der Waals surface area contributed by atoms with Crippen molar-refractivity contribution in [1.82, 2.24) is 4.98 Å². The Morgan fingerprint density at radius 2 is 2.15 bits per heavy atom. The average molecular weight is 199 g/mol. The molecular formula is C10H15ClN2. The maximum atomic E-state index is 5.69. The number of rotatable bonds is 5. The van der Waals surface area contributed by atoms with Crippen LogP contribution in [0.1, 0.15) is 19.8 Å². The molecule has 1 unspecified atom stereocenters. The SMILES string of the molecule is CCC(CCCl)Nc1ccncc1. The molecule has 1 rings (SSSR count). The number of nitrogens with zero attached hydrogens (tertiary/aromatic N) is 1. The van der Waals surface area contributed by atoms with E-state index in [9.17, 15) is 0 Å². The Balaban J connectivity index is 2.46. The van der Waals surface area contributed by atoms with Crippen LogP contribution in [0.5, 0.6) is 0 Å². The van der Waals surface area contributed by atoms with Crippen LogP contribution in [0, 0.1) is 0 Å². The normalized spacial score (nSPS) is 12.5. The van der Waals surface area contributed by atoms with Gasteiger partial charge in [0.25, 0.3) is 0 Å². The summed E-state index contributed by atoms with van der Waals surface area (Å²) in [5, 5.41) is 3.41. The summed E-state index contributed by atoms with van der Waals surface area (Å²) in [5.41, 5.74) is 1.12. The Morgan fingerprint density at radius 1 is 1.46 bits per heavy atom. The predicted octanol–water partition coefficient (Wildman–Crippen LogP) is 2.90. The van der Waals surface area contributed by atoms with Gasteiger partial charge in [0, 0.05) is 30.0 Å². The van der Waals surface area contributed by atoms with Gasteiger partial charge in [-0.25, -0.2) is 0 Å². The summed E-state index contributed by atoms with van der Waals surface area (Å²) in [7, 11) is 0. The first-order valence-electron chi connectivity index (χ1n) is 4.59. The van der Waals surface area contributed by atoms with Crippen LogP contribution >= 0.6 is 11.6 Å². The number of hydrogen-bond donors (Lipinski definition) is 1. The lowest BCUT2D eigenvalue weighted by Gasteiger charge is -2.16. The second kappa shape index (κ2) is 5.81. The molecule has 2 nitrogen and oxygen atoms in total. The topological polar surface area (TPSA) is 24.9 Å². The van der Waals surface area contributed by atoms with Crippen molar-refractivity contribution in [2.75, 3.05) is 11.2 Å². The van der Waals surface area contributed by atoms with Crippen LogP contribution in [-0.2, 0) is 0 Å². The van der Waals surface area contributed by atoms with Crippen molar-refractivity contribution in [2.45, 2.75) is 25.8 Å². The Morgan fingerprint density at radius 3 is 2.69 bits per heavy atom. The second-order valence-corrected chi connectivity index (χ2v) is 3.34. The van der Waals surface area contributed by atoms with Gasteiger partial charge in [-0.2, -0.15) is 0 Å². The van der Waals surface area contributed by atoms with E-state index in [0.717, 1.165) is 18.5 Å². The number of hydrogen-bond acceptors (Lipinski definition) is 2. The van der Waals surface area contributed by atoms with Gasteiger partial charge in [0.2, 0.25) is 0 Å². The zero-order valence-corrected chi connectivity index (χ0v) is 8.59. The summed E-state index contributed by atoms with van der Waals surface area (Å²) < 4.78 is 0. The lowest BCUT2D eigenvalue weighted by Crippen LogP contribution is -2.18. The maximum Gasteiger partial charge on any atom is 0.0373 e. The van der Waals surface area contributed by atoms with Crippen molar-refractivity contribution in [3.05, 3.63) is 24.5 Å². The minimum absolute atomic E-state index is 0.472. The van der Waals surface area contributed by atoms with Crippen molar-refractivity contribution in [3.63, 3.8) is 0 Å². The van der Waals surface area contributed by atoms with Gasteiger partial charge in [-0.1, -0.05) is 6.92 Å².